The monoisotopic (exact) mass is 178 g/mol. The SMILES string of the molecule is CCN=C(Nc1ccccc1)OC. The maximum atomic E-state index is 5.03. The smallest absolute Gasteiger partial charge is 0.288 e. The Morgan fingerprint density at radius 3 is 2.62 bits per heavy atom. The molecule has 0 aliphatic rings. The van der Waals surface area contributed by atoms with E-state index >= 15 is 0 Å². The molecule has 1 aromatic rings. The van der Waals surface area contributed by atoms with E-state index in [4.69, 9.17) is 4.74 Å². The van der Waals surface area contributed by atoms with E-state index in [2.05, 4.69) is 10.3 Å². The zero-order chi connectivity index (χ0) is 9.52. The Hall–Kier alpha value is -1.51. The summed E-state index contributed by atoms with van der Waals surface area (Å²) in [6, 6.07) is 10.4. The number of rotatable bonds is 2. The number of benzene rings is 1. The molecule has 0 atom stereocenters. The minimum absolute atomic E-state index is 0.550. The molecule has 13 heavy (non-hydrogen) atoms. The first-order valence-corrected chi connectivity index (χ1v) is 4.27. The molecule has 3 nitrogen and oxygen atoms in total. The van der Waals surface area contributed by atoms with Gasteiger partial charge in [0.1, 0.15) is 0 Å². The summed E-state index contributed by atoms with van der Waals surface area (Å²) in [5, 5.41) is 3.06. The predicted molar refractivity (Wildman–Crippen MR) is 55.0 cm³/mol. The van der Waals surface area contributed by atoms with E-state index in [9.17, 15) is 0 Å². The van der Waals surface area contributed by atoms with Crippen molar-refractivity contribution in [2.75, 3.05) is 19.0 Å². The topological polar surface area (TPSA) is 33.6 Å². The molecular formula is C10H14N2O. The van der Waals surface area contributed by atoms with Crippen molar-refractivity contribution in [3.63, 3.8) is 0 Å². The Kier molecular flexibility index (Phi) is 3.82. The van der Waals surface area contributed by atoms with Crippen LogP contribution in [0.1, 0.15) is 6.92 Å². The molecule has 0 bridgehead atoms. The Bertz CT molecular complexity index is 270. The molecule has 0 heterocycles. The normalized spacial score (nSPS) is 11.1. The number of nitrogens with zero attached hydrogens (tertiary/aromatic N) is 1. The molecule has 70 valence electrons. The molecule has 0 aliphatic heterocycles. The van der Waals surface area contributed by atoms with Crippen molar-refractivity contribution in [1.29, 1.82) is 0 Å². The van der Waals surface area contributed by atoms with Crippen molar-refractivity contribution in [3.05, 3.63) is 30.3 Å². The molecule has 3 heteroatoms. The van der Waals surface area contributed by atoms with Crippen LogP contribution in [0, 0.1) is 0 Å². The van der Waals surface area contributed by atoms with Crippen LogP contribution in [-0.4, -0.2) is 19.7 Å². The Morgan fingerprint density at radius 1 is 1.38 bits per heavy atom. The number of amidine groups is 1. The molecule has 1 N–H and O–H groups in total. The van der Waals surface area contributed by atoms with Crippen LogP contribution in [0.2, 0.25) is 0 Å². The van der Waals surface area contributed by atoms with Crippen molar-refractivity contribution in [1.82, 2.24) is 0 Å². The van der Waals surface area contributed by atoms with Crippen LogP contribution in [0.15, 0.2) is 35.3 Å². The summed E-state index contributed by atoms with van der Waals surface area (Å²) in [7, 11) is 1.60. The van der Waals surface area contributed by atoms with E-state index in [1.165, 1.54) is 0 Å². The third kappa shape index (κ3) is 3.15. The van der Waals surface area contributed by atoms with Crippen LogP contribution < -0.4 is 5.32 Å². The first-order valence-electron chi connectivity index (χ1n) is 4.27. The maximum absolute atomic E-state index is 5.03. The summed E-state index contributed by atoms with van der Waals surface area (Å²) in [6.07, 6.45) is 0. The standard InChI is InChI=1S/C10H14N2O/c1-3-11-10(13-2)12-9-7-5-4-6-8-9/h4-8H,3H2,1-2H3,(H,11,12). The molecule has 0 aliphatic carbocycles. The minimum atomic E-state index is 0.550. The number of anilines is 1. The van der Waals surface area contributed by atoms with E-state index in [1.807, 2.05) is 37.3 Å². The minimum Gasteiger partial charge on any atom is -0.468 e. The van der Waals surface area contributed by atoms with E-state index in [0.717, 1.165) is 5.69 Å². The maximum Gasteiger partial charge on any atom is 0.288 e. The van der Waals surface area contributed by atoms with Gasteiger partial charge < -0.3 is 10.1 Å². The Balaban J connectivity index is 2.62. The van der Waals surface area contributed by atoms with Gasteiger partial charge in [0, 0.05) is 12.2 Å². The summed E-state index contributed by atoms with van der Waals surface area (Å²) in [5.74, 6) is 0. The van der Waals surface area contributed by atoms with Crippen LogP contribution in [0.4, 0.5) is 5.69 Å². The van der Waals surface area contributed by atoms with Gasteiger partial charge in [0.25, 0.3) is 6.02 Å². The van der Waals surface area contributed by atoms with Gasteiger partial charge in [-0.05, 0) is 19.1 Å². The molecule has 0 saturated heterocycles. The second-order valence-electron chi connectivity index (χ2n) is 2.47. The van der Waals surface area contributed by atoms with Crippen LogP contribution in [0.25, 0.3) is 0 Å². The van der Waals surface area contributed by atoms with Crippen molar-refractivity contribution in [2.45, 2.75) is 6.92 Å². The predicted octanol–water partition coefficient (Wildman–Crippen LogP) is 2.12. The lowest BCUT2D eigenvalue weighted by Crippen LogP contribution is -2.14. The summed E-state index contributed by atoms with van der Waals surface area (Å²) in [5.41, 5.74) is 0.983. The first-order chi connectivity index (χ1) is 6.36. The number of aliphatic imine (C=N–C) groups is 1. The molecule has 0 unspecified atom stereocenters. The molecule has 0 saturated carbocycles. The molecule has 1 rings (SSSR count). The fraction of sp³-hybridized carbons (Fsp3) is 0.300. The van der Waals surface area contributed by atoms with Crippen LogP contribution in [0.3, 0.4) is 0 Å². The average Bonchev–Trinajstić information content (AvgIpc) is 2.19. The molecule has 1 aromatic carbocycles. The number of ether oxygens (including phenoxy) is 1. The second-order valence-corrected chi connectivity index (χ2v) is 2.47. The van der Waals surface area contributed by atoms with Crippen LogP contribution in [0.5, 0.6) is 0 Å². The van der Waals surface area contributed by atoms with E-state index in [0.29, 0.717) is 12.6 Å². The Labute approximate surface area is 78.4 Å². The lowest BCUT2D eigenvalue weighted by atomic mass is 10.3. The number of methoxy groups -OCH3 is 1. The van der Waals surface area contributed by atoms with Gasteiger partial charge in [0.2, 0.25) is 0 Å². The highest BCUT2D eigenvalue weighted by atomic mass is 16.5. The lowest BCUT2D eigenvalue weighted by molar-refractivity contribution is 0.400. The molecular weight excluding hydrogens is 164 g/mol. The lowest BCUT2D eigenvalue weighted by Gasteiger charge is -2.06. The highest BCUT2D eigenvalue weighted by Gasteiger charge is 1.95. The largest absolute Gasteiger partial charge is 0.468 e. The zero-order valence-corrected chi connectivity index (χ0v) is 7.95. The molecule has 0 aromatic heterocycles. The van der Waals surface area contributed by atoms with E-state index in [-0.39, 0.29) is 0 Å². The van der Waals surface area contributed by atoms with Gasteiger partial charge in [-0.25, -0.2) is 4.99 Å². The van der Waals surface area contributed by atoms with Gasteiger partial charge in [-0.15, -0.1) is 0 Å². The molecule has 0 radical (unpaired) electrons. The number of hydrogen-bond acceptors (Lipinski definition) is 2. The van der Waals surface area contributed by atoms with Crippen molar-refractivity contribution >= 4 is 11.7 Å². The summed E-state index contributed by atoms with van der Waals surface area (Å²) < 4.78 is 5.03. The third-order valence-corrected chi connectivity index (χ3v) is 1.52. The van der Waals surface area contributed by atoms with Crippen molar-refractivity contribution < 1.29 is 4.74 Å². The van der Waals surface area contributed by atoms with Gasteiger partial charge in [0.05, 0.1) is 7.11 Å². The third-order valence-electron chi connectivity index (χ3n) is 1.52. The Morgan fingerprint density at radius 2 is 2.08 bits per heavy atom. The van der Waals surface area contributed by atoms with Crippen molar-refractivity contribution in [3.8, 4) is 0 Å². The summed E-state index contributed by atoms with van der Waals surface area (Å²) >= 11 is 0. The number of hydrogen-bond donors (Lipinski definition) is 1. The van der Waals surface area contributed by atoms with E-state index in [1.54, 1.807) is 7.11 Å². The summed E-state index contributed by atoms with van der Waals surface area (Å²) in [6.45, 7) is 2.68. The van der Waals surface area contributed by atoms with Gasteiger partial charge in [-0.3, -0.25) is 0 Å². The highest BCUT2D eigenvalue weighted by molar-refractivity contribution is 5.88. The number of para-hydroxylation sites is 1. The molecule has 0 fully saturated rings. The molecule has 0 spiro atoms. The van der Waals surface area contributed by atoms with Gasteiger partial charge >= 0.3 is 0 Å². The average molecular weight is 178 g/mol. The van der Waals surface area contributed by atoms with Gasteiger partial charge in [-0.1, -0.05) is 18.2 Å². The van der Waals surface area contributed by atoms with Gasteiger partial charge in [-0.2, -0.15) is 0 Å². The highest BCUT2D eigenvalue weighted by Crippen LogP contribution is 2.04. The van der Waals surface area contributed by atoms with Crippen LogP contribution >= 0.6 is 0 Å². The van der Waals surface area contributed by atoms with E-state index < -0.39 is 0 Å². The first kappa shape index (κ1) is 9.58. The zero-order valence-electron chi connectivity index (χ0n) is 7.95. The summed E-state index contributed by atoms with van der Waals surface area (Å²) in [4.78, 5) is 4.12. The quantitative estimate of drug-likeness (QED) is 0.556. The molecule has 0 amide bonds. The fourth-order valence-electron chi connectivity index (χ4n) is 0.944. The van der Waals surface area contributed by atoms with Crippen molar-refractivity contribution in [2.24, 2.45) is 4.99 Å². The van der Waals surface area contributed by atoms with Gasteiger partial charge in [0.15, 0.2) is 0 Å². The fourth-order valence-corrected chi connectivity index (χ4v) is 0.944. The number of nitrogens with one attached hydrogen (secondary N) is 1. The second kappa shape index (κ2) is 5.19. The van der Waals surface area contributed by atoms with Crippen LogP contribution in [-0.2, 0) is 4.74 Å².